The van der Waals surface area contributed by atoms with Crippen molar-refractivity contribution in [3.8, 4) is 0 Å². The van der Waals surface area contributed by atoms with Gasteiger partial charge in [-0.2, -0.15) is 0 Å². The standard InChI is InChI=1S/C13H18N2/c1-9-2-7-12(14-8-9)15-13(10-3-4-10)11-5-6-11/h2,7-8,10-11,13H,3-6H2,1H3,(H,14,15). The molecular formula is C13H18N2. The summed E-state index contributed by atoms with van der Waals surface area (Å²) >= 11 is 0. The molecule has 2 aliphatic carbocycles. The molecule has 80 valence electrons. The maximum atomic E-state index is 4.43. The summed E-state index contributed by atoms with van der Waals surface area (Å²) in [6, 6.07) is 4.94. The number of nitrogens with one attached hydrogen (secondary N) is 1. The molecule has 2 heteroatoms. The van der Waals surface area contributed by atoms with Crippen molar-refractivity contribution in [2.45, 2.75) is 38.6 Å². The van der Waals surface area contributed by atoms with Crippen LogP contribution in [0.5, 0.6) is 0 Å². The number of aromatic nitrogens is 1. The van der Waals surface area contributed by atoms with E-state index < -0.39 is 0 Å². The number of hydrogen-bond donors (Lipinski definition) is 1. The maximum Gasteiger partial charge on any atom is 0.126 e. The van der Waals surface area contributed by atoms with E-state index in [0.29, 0.717) is 6.04 Å². The molecule has 3 rings (SSSR count). The highest BCUT2D eigenvalue weighted by Crippen LogP contribution is 2.45. The quantitative estimate of drug-likeness (QED) is 0.812. The summed E-state index contributed by atoms with van der Waals surface area (Å²) in [5, 5.41) is 3.62. The van der Waals surface area contributed by atoms with E-state index in [1.54, 1.807) is 0 Å². The Bertz CT molecular complexity index is 324. The van der Waals surface area contributed by atoms with Gasteiger partial charge in [0.05, 0.1) is 0 Å². The van der Waals surface area contributed by atoms with E-state index in [2.05, 4.69) is 29.4 Å². The summed E-state index contributed by atoms with van der Waals surface area (Å²) in [6.07, 6.45) is 7.61. The molecule has 0 aromatic carbocycles. The zero-order valence-corrected chi connectivity index (χ0v) is 9.24. The van der Waals surface area contributed by atoms with Gasteiger partial charge in [-0.15, -0.1) is 0 Å². The Labute approximate surface area is 91.1 Å². The van der Waals surface area contributed by atoms with Gasteiger partial charge in [-0.25, -0.2) is 4.98 Å². The van der Waals surface area contributed by atoms with Crippen LogP contribution >= 0.6 is 0 Å². The molecule has 0 unspecified atom stereocenters. The van der Waals surface area contributed by atoms with Gasteiger partial charge >= 0.3 is 0 Å². The molecule has 1 aromatic heterocycles. The first-order valence-corrected chi connectivity index (χ1v) is 6.02. The van der Waals surface area contributed by atoms with E-state index in [-0.39, 0.29) is 0 Å². The van der Waals surface area contributed by atoms with Gasteiger partial charge in [0.1, 0.15) is 5.82 Å². The molecule has 0 bridgehead atoms. The van der Waals surface area contributed by atoms with Crippen LogP contribution in [0.25, 0.3) is 0 Å². The lowest BCUT2D eigenvalue weighted by molar-refractivity contribution is 0.565. The summed E-state index contributed by atoms with van der Waals surface area (Å²) in [5.41, 5.74) is 1.23. The van der Waals surface area contributed by atoms with Crippen molar-refractivity contribution in [3.63, 3.8) is 0 Å². The third-order valence-corrected chi connectivity index (χ3v) is 3.49. The zero-order chi connectivity index (χ0) is 10.3. The van der Waals surface area contributed by atoms with Crippen LogP contribution in [0.1, 0.15) is 31.2 Å². The number of hydrogen-bond acceptors (Lipinski definition) is 2. The summed E-state index contributed by atoms with van der Waals surface area (Å²) in [4.78, 5) is 4.43. The second-order valence-electron chi connectivity index (χ2n) is 5.07. The minimum Gasteiger partial charge on any atom is -0.367 e. The highest BCUT2D eigenvalue weighted by atomic mass is 15.0. The fourth-order valence-corrected chi connectivity index (χ4v) is 2.26. The van der Waals surface area contributed by atoms with E-state index in [0.717, 1.165) is 17.7 Å². The molecule has 15 heavy (non-hydrogen) atoms. The van der Waals surface area contributed by atoms with Crippen molar-refractivity contribution in [3.05, 3.63) is 23.9 Å². The van der Waals surface area contributed by atoms with Crippen LogP contribution in [-0.4, -0.2) is 11.0 Å². The van der Waals surface area contributed by atoms with Crippen LogP contribution in [0, 0.1) is 18.8 Å². The first-order valence-electron chi connectivity index (χ1n) is 6.02. The highest BCUT2D eigenvalue weighted by molar-refractivity contribution is 5.37. The molecule has 1 N–H and O–H groups in total. The minimum atomic E-state index is 0.709. The zero-order valence-electron chi connectivity index (χ0n) is 9.24. The molecule has 2 fully saturated rings. The van der Waals surface area contributed by atoms with Crippen molar-refractivity contribution in [1.82, 2.24) is 4.98 Å². The van der Waals surface area contributed by atoms with Crippen LogP contribution in [0.2, 0.25) is 0 Å². The normalized spacial score (nSPS) is 20.7. The number of pyridine rings is 1. The number of aryl methyl sites for hydroxylation is 1. The summed E-state index contributed by atoms with van der Waals surface area (Å²) in [6.45, 7) is 2.08. The Kier molecular flexibility index (Phi) is 2.15. The van der Waals surface area contributed by atoms with Crippen molar-refractivity contribution in [1.29, 1.82) is 0 Å². The Morgan fingerprint density at radius 2 is 1.87 bits per heavy atom. The van der Waals surface area contributed by atoms with E-state index in [1.807, 2.05) is 6.20 Å². The molecule has 0 amide bonds. The monoisotopic (exact) mass is 202 g/mol. The molecule has 0 radical (unpaired) electrons. The Balaban J connectivity index is 1.69. The molecule has 1 aromatic rings. The Morgan fingerprint density at radius 1 is 1.20 bits per heavy atom. The molecule has 2 nitrogen and oxygen atoms in total. The molecule has 2 saturated carbocycles. The number of nitrogens with zero attached hydrogens (tertiary/aromatic N) is 1. The van der Waals surface area contributed by atoms with Crippen LogP contribution in [-0.2, 0) is 0 Å². The average molecular weight is 202 g/mol. The van der Waals surface area contributed by atoms with Crippen LogP contribution in [0.15, 0.2) is 18.3 Å². The fraction of sp³-hybridized carbons (Fsp3) is 0.615. The van der Waals surface area contributed by atoms with Gasteiger partial charge in [-0.1, -0.05) is 6.07 Å². The largest absolute Gasteiger partial charge is 0.367 e. The van der Waals surface area contributed by atoms with Crippen LogP contribution in [0.3, 0.4) is 0 Å². The SMILES string of the molecule is Cc1ccc(NC(C2CC2)C2CC2)nc1. The van der Waals surface area contributed by atoms with Crippen molar-refractivity contribution < 1.29 is 0 Å². The average Bonchev–Trinajstić information content (AvgIpc) is 3.11. The molecule has 0 aliphatic heterocycles. The van der Waals surface area contributed by atoms with E-state index in [1.165, 1.54) is 31.2 Å². The molecule has 2 aliphatic rings. The lowest BCUT2D eigenvalue weighted by Crippen LogP contribution is -2.24. The van der Waals surface area contributed by atoms with Gasteiger partial charge in [0.2, 0.25) is 0 Å². The van der Waals surface area contributed by atoms with Gasteiger partial charge in [-0.3, -0.25) is 0 Å². The molecule has 0 atom stereocenters. The van der Waals surface area contributed by atoms with Gasteiger partial charge in [0.25, 0.3) is 0 Å². The van der Waals surface area contributed by atoms with E-state index >= 15 is 0 Å². The fourth-order valence-electron chi connectivity index (χ4n) is 2.26. The molecule has 0 spiro atoms. The predicted molar refractivity (Wildman–Crippen MR) is 61.8 cm³/mol. The van der Waals surface area contributed by atoms with Crippen LogP contribution in [0.4, 0.5) is 5.82 Å². The van der Waals surface area contributed by atoms with Gasteiger partial charge in [0.15, 0.2) is 0 Å². The lowest BCUT2D eigenvalue weighted by atomic mass is 10.1. The molecular weight excluding hydrogens is 184 g/mol. The Hall–Kier alpha value is -1.05. The second-order valence-corrected chi connectivity index (χ2v) is 5.07. The van der Waals surface area contributed by atoms with E-state index in [4.69, 9.17) is 0 Å². The van der Waals surface area contributed by atoms with Gasteiger partial charge in [-0.05, 0) is 56.1 Å². The minimum absolute atomic E-state index is 0.709. The Morgan fingerprint density at radius 3 is 2.33 bits per heavy atom. The first-order chi connectivity index (χ1) is 7.33. The van der Waals surface area contributed by atoms with Crippen molar-refractivity contribution >= 4 is 5.82 Å². The summed E-state index contributed by atoms with van der Waals surface area (Å²) < 4.78 is 0. The predicted octanol–water partition coefficient (Wildman–Crippen LogP) is 2.99. The lowest BCUT2D eigenvalue weighted by Gasteiger charge is -2.18. The third-order valence-electron chi connectivity index (χ3n) is 3.49. The number of anilines is 1. The first kappa shape index (κ1) is 9.20. The molecule has 1 heterocycles. The maximum absolute atomic E-state index is 4.43. The summed E-state index contributed by atoms with van der Waals surface area (Å²) in [7, 11) is 0. The van der Waals surface area contributed by atoms with E-state index in [9.17, 15) is 0 Å². The summed E-state index contributed by atoms with van der Waals surface area (Å²) in [5.74, 6) is 2.92. The smallest absolute Gasteiger partial charge is 0.126 e. The van der Waals surface area contributed by atoms with Crippen molar-refractivity contribution in [2.24, 2.45) is 11.8 Å². The third kappa shape index (κ3) is 2.14. The number of rotatable bonds is 4. The van der Waals surface area contributed by atoms with Crippen molar-refractivity contribution in [2.75, 3.05) is 5.32 Å². The second kappa shape index (κ2) is 3.51. The molecule has 0 saturated heterocycles. The van der Waals surface area contributed by atoms with Gasteiger partial charge < -0.3 is 5.32 Å². The topological polar surface area (TPSA) is 24.9 Å². The highest BCUT2D eigenvalue weighted by Gasteiger charge is 2.41. The van der Waals surface area contributed by atoms with Gasteiger partial charge in [0, 0.05) is 12.2 Å². The van der Waals surface area contributed by atoms with Crippen LogP contribution < -0.4 is 5.32 Å².